The molecule has 0 aliphatic carbocycles. The third-order valence-corrected chi connectivity index (χ3v) is 2.70. The summed E-state index contributed by atoms with van der Waals surface area (Å²) in [6.07, 6.45) is 0.849. The maximum Gasteiger partial charge on any atom is 0.137 e. The highest BCUT2D eigenvalue weighted by Crippen LogP contribution is 2.16. The third-order valence-electron chi connectivity index (χ3n) is 2.05. The second-order valence-electron chi connectivity index (χ2n) is 4.68. The molecule has 0 heterocycles. The first-order chi connectivity index (χ1) is 6.88. The molecule has 0 aliphatic rings. The van der Waals surface area contributed by atoms with E-state index in [-0.39, 0.29) is 11.4 Å². The van der Waals surface area contributed by atoms with E-state index in [1.54, 1.807) is 12.1 Å². The van der Waals surface area contributed by atoms with Crippen molar-refractivity contribution in [3.63, 3.8) is 0 Å². The van der Waals surface area contributed by atoms with Gasteiger partial charge in [0.2, 0.25) is 0 Å². The molecule has 0 amide bonds. The molecule has 0 aliphatic heterocycles. The van der Waals surface area contributed by atoms with E-state index in [2.05, 4.69) is 42.0 Å². The van der Waals surface area contributed by atoms with Gasteiger partial charge in [-0.25, -0.2) is 4.39 Å². The van der Waals surface area contributed by atoms with Crippen LogP contribution in [0.5, 0.6) is 0 Å². The van der Waals surface area contributed by atoms with Crippen LogP contribution < -0.4 is 5.32 Å². The van der Waals surface area contributed by atoms with Crippen LogP contribution in [0.3, 0.4) is 0 Å². The quantitative estimate of drug-likeness (QED) is 0.889. The zero-order valence-electron chi connectivity index (χ0n) is 9.40. The van der Waals surface area contributed by atoms with Crippen LogP contribution in [0.1, 0.15) is 26.3 Å². The molecule has 15 heavy (non-hydrogen) atoms. The lowest BCUT2D eigenvalue weighted by atomic mass is 10.1. The van der Waals surface area contributed by atoms with Gasteiger partial charge < -0.3 is 5.32 Å². The highest BCUT2D eigenvalue weighted by Gasteiger charge is 2.08. The predicted octanol–water partition coefficient (Wildman–Crippen LogP) is 3.52. The van der Waals surface area contributed by atoms with Gasteiger partial charge in [0.1, 0.15) is 5.82 Å². The van der Waals surface area contributed by atoms with E-state index in [1.807, 2.05) is 6.07 Å². The molecule has 0 radical (unpaired) electrons. The van der Waals surface area contributed by atoms with Crippen molar-refractivity contribution in [3.8, 4) is 0 Å². The van der Waals surface area contributed by atoms with Crippen LogP contribution >= 0.6 is 15.9 Å². The summed E-state index contributed by atoms with van der Waals surface area (Å²) in [5.74, 6) is -0.191. The van der Waals surface area contributed by atoms with Gasteiger partial charge in [-0.05, 0) is 67.4 Å². The Morgan fingerprint density at radius 3 is 2.53 bits per heavy atom. The molecule has 1 aromatic rings. The van der Waals surface area contributed by atoms with Gasteiger partial charge in [0, 0.05) is 5.54 Å². The van der Waals surface area contributed by atoms with Gasteiger partial charge in [0.25, 0.3) is 0 Å². The number of halogens is 2. The van der Waals surface area contributed by atoms with E-state index in [0.29, 0.717) is 4.47 Å². The minimum absolute atomic E-state index is 0.119. The standard InChI is InChI=1S/C12H17BrFN/c1-12(2,3)15-7-6-9-4-5-10(13)11(14)8-9/h4-5,8,15H,6-7H2,1-3H3. The molecule has 0 fully saturated rings. The van der Waals surface area contributed by atoms with Crippen LogP contribution in [0.25, 0.3) is 0 Å². The van der Waals surface area contributed by atoms with Crippen molar-refractivity contribution in [3.05, 3.63) is 34.1 Å². The molecule has 0 atom stereocenters. The van der Waals surface area contributed by atoms with Gasteiger partial charge in [-0.3, -0.25) is 0 Å². The van der Waals surface area contributed by atoms with Crippen molar-refractivity contribution in [2.24, 2.45) is 0 Å². The van der Waals surface area contributed by atoms with Crippen LogP contribution in [-0.4, -0.2) is 12.1 Å². The lowest BCUT2D eigenvalue weighted by Gasteiger charge is -2.20. The summed E-state index contributed by atoms with van der Waals surface area (Å²) in [6, 6.07) is 5.27. The first-order valence-electron chi connectivity index (χ1n) is 5.07. The average molecular weight is 274 g/mol. The second kappa shape index (κ2) is 5.08. The van der Waals surface area contributed by atoms with Gasteiger partial charge in [-0.15, -0.1) is 0 Å². The van der Waals surface area contributed by atoms with Crippen molar-refractivity contribution < 1.29 is 4.39 Å². The molecular weight excluding hydrogens is 257 g/mol. The van der Waals surface area contributed by atoms with Gasteiger partial charge >= 0.3 is 0 Å². The van der Waals surface area contributed by atoms with Crippen LogP contribution in [0.2, 0.25) is 0 Å². The number of nitrogens with one attached hydrogen (secondary N) is 1. The lowest BCUT2D eigenvalue weighted by molar-refractivity contribution is 0.429. The fourth-order valence-corrected chi connectivity index (χ4v) is 1.52. The normalized spacial score (nSPS) is 11.8. The average Bonchev–Trinajstić information content (AvgIpc) is 2.09. The zero-order valence-corrected chi connectivity index (χ0v) is 11.0. The van der Waals surface area contributed by atoms with E-state index >= 15 is 0 Å². The summed E-state index contributed by atoms with van der Waals surface area (Å²) in [4.78, 5) is 0. The first-order valence-corrected chi connectivity index (χ1v) is 5.87. The Morgan fingerprint density at radius 2 is 2.00 bits per heavy atom. The number of hydrogen-bond donors (Lipinski definition) is 1. The second-order valence-corrected chi connectivity index (χ2v) is 5.53. The molecule has 0 saturated carbocycles. The van der Waals surface area contributed by atoms with Crippen molar-refractivity contribution in [2.75, 3.05) is 6.54 Å². The summed E-state index contributed by atoms with van der Waals surface area (Å²) in [6.45, 7) is 7.23. The Bertz CT molecular complexity index is 331. The largest absolute Gasteiger partial charge is 0.312 e. The van der Waals surface area contributed by atoms with E-state index in [4.69, 9.17) is 0 Å². The van der Waals surface area contributed by atoms with E-state index in [9.17, 15) is 4.39 Å². The van der Waals surface area contributed by atoms with Crippen LogP contribution in [0.15, 0.2) is 22.7 Å². The van der Waals surface area contributed by atoms with Crippen molar-refractivity contribution in [2.45, 2.75) is 32.7 Å². The van der Waals surface area contributed by atoms with E-state index < -0.39 is 0 Å². The molecule has 1 N–H and O–H groups in total. The smallest absolute Gasteiger partial charge is 0.137 e. The number of hydrogen-bond acceptors (Lipinski definition) is 1. The third kappa shape index (κ3) is 4.76. The molecule has 0 aromatic heterocycles. The molecule has 1 aromatic carbocycles. The maximum atomic E-state index is 13.2. The Hall–Kier alpha value is -0.410. The molecule has 1 rings (SSSR count). The summed E-state index contributed by atoms with van der Waals surface area (Å²) < 4.78 is 13.7. The molecule has 0 unspecified atom stereocenters. The fraction of sp³-hybridized carbons (Fsp3) is 0.500. The molecule has 84 valence electrons. The van der Waals surface area contributed by atoms with Crippen LogP contribution in [0, 0.1) is 5.82 Å². The van der Waals surface area contributed by atoms with Gasteiger partial charge in [0.05, 0.1) is 4.47 Å². The van der Waals surface area contributed by atoms with E-state index in [1.165, 1.54) is 0 Å². The Kier molecular flexibility index (Phi) is 4.29. The van der Waals surface area contributed by atoms with Crippen LogP contribution in [0.4, 0.5) is 4.39 Å². The molecule has 0 bridgehead atoms. The maximum absolute atomic E-state index is 13.2. The number of rotatable bonds is 3. The van der Waals surface area contributed by atoms with Crippen molar-refractivity contribution >= 4 is 15.9 Å². The fourth-order valence-electron chi connectivity index (χ4n) is 1.28. The van der Waals surface area contributed by atoms with Crippen molar-refractivity contribution in [1.82, 2.24) is 5.32 Å². The van der Waals surface area contributed by atoms with Gasteiger partial charge in [-0.2, -0.15) is 0 Å². The minimum Gasteiger partial charge on any atom is -0.312 e. The summed E-state index contributed by atoms with van der Waals surface area (Å²) >= 11 is 3.14. The molecule has 0 spiro atoms. The SMILES string of the molecule is CC(C)(C)NCCc1ccc(Br)c(F)c1. The lowest BCUT2D eigenvalue weighted by Crippen LogP contribution is -2.37. The van der Waals surface area contributed by atoms with Gasteiger partial charge in [0.15, 0.2) is 0 Å². The Balaban J connectivity index is 2.48. The highest BCUT2D eigenvalue weighted by atomic mass is 79.9. The summed E-state index contributed by atoms with van der Waals surface area (Å²) in [7, 11) is 0. The molecule has 3 heteroatoms. The Labute approximate surface area is 99.2 Å². The zero-order chi connectivity index (χ0) is 11.5. The Morgan fingerprint density at radius 1 is 1.33 bits per heavy atom. The predicted molar refractivity (Wildman–Crippen MR) is 65.6 cm³/mol. The highest BCUT2D eigenvalue weighted by molar-refractivity contribution is 9.10. The first kappa shape index (κ1) is 12.7. The molecular formula is C12H17BrFN. The van der Waals surface area contributed by atoms with Gasteiger partial charge in [-0.1, -0.05) is 6.07 Å². The summed E-state index contributed by atoms with van der Waals surface area (Å²) in [5.41, 5.74) is 1.14. The number of benzene rings is 1. The minimum atomic E-state index is -0.191. The monoisotopic (exact) mass is 273 g/mol. The van der Waals surface area contributed by atoms with E-state index in [0.717, 1.165) is 18.5 Å². The van der Waals surface area contributed by atoms with Crippen molar-refractivity contribution in [1.29, 1.82) is 0 Å². The molecule has 0 saturated heterocycles. The van der Waals surface area contributed by atoms with Crippen LogP contribution in [-0.2, 0) is 6.42 Å². The topological polar surface area (TPSA) is 12.0 Å². The molecule has 1 nitrogen and oxygen atoms in total. The summed E-state index contributed by atoms with van der Waals surface area (Å²) in [5, 5.41) is 3.37.